The lowest BCUT2D eigenvalue weighted by atomic mass is 10.1. The zero-order chi connectivity index (χ0) is 14.7. The molecule has 2 aromatic carbocycles. The lowest BCUT2D eigenvalue weighted by molar-refractivity contribution is -0.384. The van der Waals surface area contributed by atoms with E-state index in [2.05, 4.69) is 15.9 Å². The zero-order valence-corrected chi connectivity index (χ0v) is 12.2. The molecule has 0 amide bonds. The molecule has 2 aromatic rings. The Kier molecular flexibility index (Phi) is 4.36. The normalized spacial score (nSPS) is 11.9. The lowest BCUT2D eigenvalue weighted by Crippen LogP contribution is -1.93. The first-order valence-electron chi connectivity index (χ1n) is 5.87. The van der Waals surface area contributed by atoms with E-state index in [1.807, 2.05) is 0 Å². The smallest absolute Gasteiger partial charge is 0.269 e. The molecule has 0 aromatic heterocycles. The first-order chi connectivity index (χ1) is 9.47. The molecule has 5 nitrogen and oxygen atoms in total. The summed E-state index contributed by atoms with van der Waals surface area (Å²) in [6.45, 7) is 1.68. The third kappa shape index (κ3) is 3.34. The summed E-state index contributed by atoms with van der Waals surface area (Å²) in [4.78, 5) is 10.1. The van der Waals surface area contributed by atoms with Crippen molar-refractivity contribution in [3.05, 3.63) is 62.6 Å². The number of halogens is 1. The summed E-state index contributed by atoms with van der Waals surface area (Å²) < 4.78 is 6.34. The minimum atomic E-state index is -0.571. The van der Waals surface area contributed by atoms with E-state index in [1.165, 1.54) is 24.3 Å². The largest absolute Gasteiger partial charge is 0.457 e. The van der Waals surface area contributed by atoms with Gasteiger partial charge in [0.25, 0.3) is 5.69 Å². The summed E-state index contributed by atoms with van der Waals surface area (Å²) >= 11 is 3.36. The van der Waals surface area contributed by atoms with Crippen molar-refractivity contribution in [3.63, 3.8) is 0 Å². The van der Waals surface area contributed by atoms with Gasteiger partial charge in [0.1, 0.15) is 11.5 Å². The van der Waals surface area contributed by atoms with Gasteiger partial charge >= 0.3 is 0 Å². The molecule has 0 heterocycles. The Morgan fingerprint density at radius 1 is 1.20 bits per heavy atom. The van der Waals surface area contributed by atoms with Crippen molar-refractivity contribution in [3.8, 4) is 11.5 Å². The summed E-state index contributed by atoms with van der Waals surface area (Å²) in [6.07, 6.45) is -0.571. The molecule has 0 fully saturated rings. The quantitative estimate of drug-likeness (QED) is 0.670. The minimum absolute atomic E-state index is 0.0167. The molecule has 0 spiro atoms. The average molecular weight is 338 g/mol. The van der Waals surface area contributed by atoms with Crippen LogP contribution >= 0.6 is 15.9 Å². The van der Waals surface area contributed by atoms with E-state index < -0.39 is 11.0 Å². The maximum absolute atomic E-state index is 10.6. The fraction of sp³-hybridized carbons (Fsp3) is 0.143. The van der Waals surface area contributed by atoms with Crippen LogP contribution in [0.2, 0.25) is 0 Å². The molecule has 1 N–H and O–H groups in total. The van der Waals surface area contributed by atoms with Crippen LogP contribution < -0.4 is 4.74 Å². The van der Waals surface area contributed by atoms with Crippen LogP contribution in [-0.4, -0.2) is 10.0 Å². The van der Waals surface area contributed by atoms with Gasteiger partial charge in [0, 0.05) is 16.6 Å². The van der Waals surface area contributed by atoms with Gasteiger partial charge in [0.2, 0.25) is 0 Å². The monoisotopic (exact) mass is 337 g/mol. The molecule has 20 heavy (non-hydrogen) atoms. The number of hydrogen-bond donors (Lipinski definition) is 1. The molecular weight excluding hydrogens is 326 g/mol. The third-order valence-electron chi connectivity index (χ3n) is 2.71. The highest BCUT2D eigenvalue weighted by Crippen LogP contribution is 2.30. The molecule has 0 aliphatic rings. The van der Waals surface area contributed by atoms with Crippen LogP contribution in [0.3, 0.4) is 0 Å². The van der Waals surface area contributed by atoms with Gasteiger partial charge in [-0.2, -0.15) is 0 Å². The Labute approximate surface area is 124 Å². The van der Waals surface area contributed by atoms with E-state index in [9.17, 15) is 15.2 Å². The van der Waals surface area contributed by atoms with Gasteiger partial charge < -0.3 is 9.84 Å². The van der Waals surface area contributed by atoms with Gasteiger partial charge in [-0.15, -0.1) is 0 Å². The number of aliphatic hydroxyl groups is 1. The van der Waals surface area contributed by atoms with Crippen molar-refractivity contribution >= 4 is 21.6 Å². The Morgan fingerprint density at radius 3 is 2.30 bits per heavy atom. The van der Waals surface area contributed by atoms with Crippen LogP contribution in [0.1, 0.15) is 18.6 Å². The van der Waals surface area contributed by atoms with Gasteiger partial charge in [-0.3, -0.25) is 10.1 Å². The molecule has 104 valence electrons. The maximum Gasteiger partial charge on any atom is 0.269 e. The van der Waals surface area contributed by atoms with E-state index in [0.29, 0.717) is 11.5 Å². The van der Waals surface area contributed by atoms with Crippen molar-refractivity contribution in [2.75, 3.05) is 0 Å². The molecule has 2 rings (SSSR count). The summed E-state index contributed by atoms with van der Waals surface area (Å²) in [7, 11) is 0. The average Bonchev–Trinajstić information content (AvgIpc) is 2.39. The summed E-state index contributed by atoms with van der Waals surface area (Å²) in [5, 5.41) is 20.1. The van der Waals surface area contributed by atoms with Gasteiger partial charge in [0.05, 0.1) is 11.0 Å². The third-order valence-corrected chi connectivity index (χ3v) is 3.39. The summed E-state index contributed by atoms with van der Waals surface area (Å²) in [6, 6.07) is 11.1. The second kappa shape index (κ2) is 6.02. The number of nitro benzene ring substituents is 1. The summed E-state index contributed by atoms with van der Waals surface area (Å²) in [5.41, 5.74) is 0.782. The number of nitro groups is 1. The fourth-order valence-electron chi connectivity index (χ4n) is 1.68. The van der Waals surface area contributed by atoms with Crippen LogP contribution in [0, 0.1) is 10.1 Å². The molecule has 6 heteroatoms. The van der Waals surface area contributed by atoms with Crippen molar-refractivity contribution in [2.45, 2.75) is 13.0 Å². The Balaban J connectivity index is 2.17. The van der Waals surface area contributed by atoms with E-state index >= 15 is 0 Å². The number of non-ortho nitro benzene ring substituents is 1. The number of aliphatic hydroxyl groups excluding tert-OH is 1. The highest BCUT2D eigenvalue weighted by molar-refractivity contribution is 9.10. The molecule has 0 radical (unpaired) electrons. The van der Waals surface area contributed by atoms with E-state index in [4.69, 9.17) is 4.74 Å². The number of nitrogens with zero attached hydrogens (tertiary/aromatic N) is 1. The second-order valence-electron chi connectivity index (χ2n) is 4.21. The highest BCUT2D eigenvalue weighted by atomic mass is 79.9. The topological polar surface area (TPSA) is 72.6 Å². The zero-order valence-electron chi connectivity index (χ0n) is 10.6. The second-order valence-corrected chi connectivity index (χ2v) is 5.07. The van der Waals surface area contributed by atoms with Crippen molar-refractivity contribution in [1.29, 1.82) is 0 Å². The number of hydrogen-bond acceptors (Lipinski definition) is 4. The predicted molar refractivity (Wildman–Crippen MR) is 77.9 cm³/mol. The van der Waals surface area contributed by atoms with Crippen LogP contribution in [0.25, 0.3) is 0 Å². The number of rotatable bonds is 4. The van der Waals surface area contributed by atoms with Crippen molar-refractivity contribution in [2.24, 2.45) is 0 Å². The highest BCUT2D eigenvalue weighted by Gasteiger charge is 2.09. The molecule has 0 bridgehead atoms. The molecule has 0 unspecified atom stereocenters. The van der Waals surface area contributed by atoms with Crippen LogP contribution in [-0.2, 0) is 0 Å². The Bertz CT molecular complexity index is 626. The van der Waals surface area contributed by atoms with Crippen molar-refractivity contribution < 1.29 is 14.8 Å². The molecule has 0 saturated heterocycles. The first-order valence-corrected chi connectivity index (χ1v) is 6.66. The van der Waals surface area contributed by atoms with Crippen LogP contribution in [0.4, 0.5) is 5.69 Å². The summed E-state index contributed by atoms with van der Waals surface area (Å²) in [5.74, 6) is 1.09. The SMILES string of the molecule is C[C@@H](O)c1ccc(Oc2ccc([N+](=O)[O-])cc2)cc1Br. The Hall–Kier alpha value is -1.92. The maximum atomic E-state index is 10.6. The van der Waals surface area contributed by atoms with Gasteiger partial charge in [-0.1, -0.05) is 22.0 Å². The van der Waals surface area contributed by atoms with Gasteiger partial charge in [-0.05, 0) is 36.8 Å². The molecule has 0 aliphatic heterocycles. The molecule has 0 aliphatic carbocycles. The van der Waals surface area contributed by atoms with Gasteiger partial charge in [0.15, 0.2) is 0 Å². The molecule has 1 atom stereocenters. The van der Waals surface area contributed by atoms with Crippen LogP contribution in [0.5, 0.6) is 11.5 Å². The fourth-order valence-corrected chi connectivity index (χ4v) is 2.37. The number of ether oxygens (including phenoxy) is 1. The van der Waals surface area contributed by atoms with E-state index in [-0.39, 0.29) is 5.69 Å². The Morgan fingerprint density at radius 2 is 1.80 bits per heavy atom. The van der Waals surface area contributed by atoms with E-state index in [0.717, 1.165) is 10.0 Å². The van der Waals surface area contributed by atoms with E-state index in [1.54, 1.807) is 25.1 Å². The lowest BCUT2D eigenvalue weighted by Gasteiger charge is -2.10. The minimum Gasteiger partial charge on any atom is -0.457 e. The van der Waals surface area contributed by atoms with Crippen molar-refractivity contribution in [1.82, 2.24) is 0 Å². The number of benzene rings is 2. The standard InChI is InChI=1S/C14H12BrNO4/c1-9(17)13-7-6-12(8-14(13)15)20-11-4-2-10(3-5-11)16(18)19/h2-9,17H,1H3/t9-/m1/s1. The predicted octanol–water partition coefficient (Wildman–Crippen LogP) is 4.20. The van der Waals surface area contributed by atoms with Crippen LogP contribution in [0.15, 0.2) is 46.9 Å². The molecular formula is C14H12BrNO4. The molecule has 0 saturated carbocycles. The van der Waals surface area contributed by atoms with Gasteiger partial charge in [-0.25, -0.2) is 0 Å². The first kappa shape index (κ1) is 14.5.